The third kappa shape index (κ3) is 6.65. The summed E-state index contributed by atoms with van der Waals surface area (Å²) in [5, 5.41) is 3.11. The molecule has 0 heterocycles. The van der Waals surface area contributed by atoms with Gasteiger partial charge in [-0.1, -0.05) is 49.7 Å². The molecule has 0 fully saturated rings. The molecule has 2 rings (SSSR count). The highest BCUT2D eigenvalue weighted by atomic mass is 35.5. The molecule has 1 N–H and O–H groups in total. The first kappa shape index (κ1) is 21.4. The van der Waals surface area contributed by atoms with Crippen molar-refractivity contribution in [1.82, 2.24) is 10.2 Å². The van der Waals surface area contributed by atoms with Gasteiger partial charge in [0.25, 0.3) is 0 Å². The number of nitrogens with one attached hydrogen (secondary N) is 1. The monoisotopic (exact) mass is 408 g/mol. The van der Waals surface area contributed by atoms with E-state index in [1.54, 1.807) is 0 Å². The number of carbonyl (C=O) groups is 1. The molecule has 0 saturated heterocycles. The molecular weight excluding hydrogens is 384 g/mol. The van der Waals surface area contributed by atoms with E-state index in [0.717, 1.165) is 25.2 Å². The quantitative estimate of drug-likeness (QED) is 0.691. The maximum absolute atomic E-state index is 12.3. The number of amides is 1. The molecule has 0 aliphatic carbocycles. The topological polar surface area (TPSA) is 66.5 Å². The zero-order valence-corrected chi connectivity index (χ0v) is 17.2. The number of hydrogen-bond donors (Lipinski definition) is 1. The molecule has 0 saturated carbocycles. The van der Waals surface area contributed by atoms with Crippen LogP contribution in [0.3, 0.4) is 0 Å². The zero-order chi connectivity index (χ0) is 19.9. The van der Waals surface area contributed by atoms with Crippen LogP contribution in [0.4, 0.5) is 0 Å². The van der Waals surface area contributed by atoms with Crippen LogP contribution >= 0.6 is 11.6 Å². The van der Waals surface area contributed by atoms with Gasteiger partial charge in [-0.05, 0) is 48.5 Å². The molecule has 0 unspecified atom stereocenters. The Bertz CT molecular complexity index is 846. The Morgan fingerprint density at radius 3 is 2.07 bits per heavy atom. The van der Waals surface area contributed by atoms with Crippen molar-refractivity contribution in [2.75, 3.05) is 18.8 Å². The first-order chi connectivity index (χ1) is 12.8. The maximum atomic E-state index is 12.3. The minimum absolute atomic E-state index is 0.0859. The standard InChI is InChI=1S/C20H25ClN2O3S/c1-3-23(4-2)14-17-7-5-16(6-8-17)13-22-20(24)15-27(25,26)19-11-9-18(21)10-12-19/h5-12H,3-4,13-15H2,1-2H3,(H,22,24). The molecule has 27 heavy (non-hydrogen) atoms. The molecule has 7 heteroatoms. The number of sulfone groups is 1. The summed E-state index contributed by atoms with van der Waals surface area (Å²) in [6.45, 7) is 7.43. The summed E-state index contributed by atoms with van der Waals surface area (Å²) in [4.78, 5) is 14.4. The number of benzene rings is 2. The van der Waals surface area contributed by atoms with Gasteiger partial charge in [-0.25, -0.2) is 8.42 Å². The van der Waals surface area contributed by atoms with E-state index in [2.05, 4.69) is 24.1 Å². The van der Waals surface area contributed by atoms with Crippen molar-refractivity contribution >= 4 is 27.3 Å². The lowest BCUT2D eigenvalue weighted by atomic mass is 10.1. The Morgan fingerprint density at radius 1 is 0.963 bits per heavy atom. The van der Waals surface area contributed by atoms with Crippen LogP contribution in [0.5, 0.6) is 0 Å². The summed E-state index contributed by atoms with van der Waals surface area (Å²) in [5.41, 5.74) is 2.13. The second kappa shape index (κ2) is 9.88. The molecule has 5 nitrogen and oxygen atoms in total. The van der Waals surface area contributed by atoms with E-state index >= 15 is 0 Å². The van der Waals surface area contributed by atoms with Crippen LogP contribution in [-0.4, -0.2) is 38.1 Å². The summed E-state index contributed by atoms with van der Waals surface area (Å²) >= 11 is 5.76. The average molecular weight is 409 g/mol. The number of carbonyl (C=O) groups excluding carboxylic acids is 1. The van der Waals surface area contributed by atoms with Gasteiger partial charge in [0, 0.05) is 18.1 Å². The van der Waals surface area contributed by atoms with Crippen molar-refractivity contribution in [3.63, 3.8) is 0 Å². The smallest absolute Gasteiger partial charge is 0.235 e. The fourth-order valence-electron chi connectivity index (χ4n) is 2.62. The molecule has 0 radical (unpaired) electrons. The SMILES string of the molecule is CCN(CC)Cc1ccc(CNC(=O)CS(=O)(=O)c2ccc(Cl)cc2)cc1. The molecule has 146 valence electrons. The van der Waals surface area contributed by atoms with Gasteiger partial charge in [0.2, 0.25) is 5.91 Å². The van der Waals surface area contributed by atoms with Gasteiger partial charge in [-0.3, -0.25) is 9.69 Å². The Hall–Kier alpha value is -1.89. The van der Waals surface area contributed by atoms with Crippen LogP contribution in [-0.2, 0) is 27.7 Å². The zero-order valence-electron chi connectivity index (χ0n) is 15.6. The van der Waals surface area contributed by atoms with Gasteiger partial charge in [0.15, 0.2) is 9.84 Å². The number of hydrogen-bond acceptors (Lipinski definition) is 4. The van der Waals surface area contributed by atoms with Gasteiger partial charge in [0.05, 0.1) is 4.90 Å². The van der Waals surface area contributed by atoms with Crippen LogP contribution in [0, 0.1) is 0 Å². The lowest BCUT2D eigenvalue weighted by Crippen LogP contribution is -2.30. The average Bonchev–Trinajstić information content (AvgIpc) is 2.65. The molecule has 0 aliphatic rings. The predicted octanol–water partition coefficient (Wildman–Crippen LogP) is 3.27. The third-order valence-corrected chi connectivity index (χ3v) is 6.19. The van der Waals surface area contributed by atoms with Crippen LogP contribution in [0.2, 0.25) is 5.02 Å². The van der Waals surface area contributed by atoms with Crippen LogP contribution in [0.1, 0.15) is 25.0 Å². The van der Waals surface area contributed by atoms with Crippen LogP contribution in [0.25, 0.3) is 0 Å². The Morgan fingerprint density at radius 2 is 1.52 bits per heavy atom. The second-order valence-electron chi connectivity index (χ2n) is 6.27. The van der Waals surface area contributed by atoms with Crippen molar-refractivity contribution in [2.45, 2.75) is 31.8 Å². The van der Waals surface area contributed by atoms with Gasteiger partial charge < -0.3 is 5.32 Å². The summed E-state index contributed by atoms with van der Waals surface area (Å²) in [6.07, 6.45) is 0. The Balaban J connectivity index is 1.88. The van der Waals surface area contributed by atoms with Crippen LogP contribution in [0.15, 0.2) is 53.4 Å². The minimum atomic E-state index is -3.68. The highest BCUT2D eigenvalue weighted by molar-refractivity contribution is 7.92. The van der Waals surface area contributed by atoms with Gasteiger partial charge in [0.1, 0.15) is 5.75 Å². The van der Waals surface area contributed by atoms with Gasteiger partial charge in [-0.2, -0.15) is 0 Å². The Kier molecular flexibility index (Phi) is 7.83. The highest BCUT2D eigenvalue weighted by Gasteiger charge is 2.19. The van der Waals surface area contributed by atoms with Crippen LogP contribution < -0.4 is 5.32 Å². The fourth-order valence-corrected chi connectivity index (χ4v) is 3.91. The molecule has 0 atom stereocenters. The summed E-state index contributed by atoms with van der Waals surface area (Å²) in [7, 11) is -3.68. The van der Waals surface area contributed by atoms with E-state index in [4.69, 9.17) is 11.6 Å². The summed E-state index contributed by atoms with van der Waals surface area (Å²) in [6, 6.07) is 13.8. The van der Waals surface area contributed by atoms with Crippen molar-refractivity contribution in [2.24, 2.45) is 0 Å². The Labute approximate surface area is 166 Å². The first-order valence-electron chi connectivity index (χ1n) is 8.89. The lowest BCUT2D eigenvalue weighted by molar-refractivity contribution is -0.118. The fraction of sp³-hybridized carbons (Fsp3) is 0.350. The predicted molar refractivity (Wildman–Crippen MR) is 108 cm³/mol. The van der Waals surface area contributed by atoms with E-state index < -0.39 is 21.5 Å². The van der Waals surface area contributed by atoms with Gasteiger partial charge >= 0.3 is 0 Å². The van der Waals surface area contributed by atoms with Crippen molar-refractivity contribution in [1.29, 1.82) is 0 Å². The molecule has 0 bridgehead atoms. The van der Waals surface area contributed by atoms with E-state index in [9.17, 15) is 13.2 Å². The second-order valence-corrected chi connectivity index (χ2v) is 8.69. The van der Waals surface area contributed by atoms with Gasteiger partial charge in [-0.15, -0.1) is 0 Å². The largest absolute Gasteiger partial charge is 0.351 e. The number of rotatable bonds is 9. The van der Waals surface area contributed by atoms with E-state index in [1.165, 1.54) is 29.8 Å². The third-order valence-electron chi connectivity index (χ3n) is 4.31. The minimum Gasteiger partial charge on any atom is -0.351 e. The first-order valence-corrected chi connectivity index (χ1v) is 10.9. The molecule has 2 aromatic rings. The molecule has 0 spiro atoms. The molecule has 0 aliphatic heterocycles. The van der Waals surface area contributed by atoms with E-state index in [0.29, 0.717) is 11.6 Å². The maximum Gasteiger partial charge on any atom is 0.235 e. The summed E-state index contributed by atoms with van der Waals surface area (Å²) < 4.78 is 24.5. The number of nitrogens with zero attached hydrogens (tertiary/aromatic N) is 1. The van der Waals surface area contributed by atoms with Crippen molar-refractivity contribution in [3.8, 4) is 0 Å². The lowest BCUT2D eigenvalue weighted by Gasteiger charge is -2.18. The molecular formula is C20H25ClN2O3S. The molecule has 1 amide bonds. The summed E-state index contributed by atoms with van der Waals surface area (Å²) in [5.74, 6) is -1.12. The molecule has 2 aromatic carbocycles. The van der Waals surface area contributed by atoms with Crippen molar-refractivity contribution < 1.29 is 13.2 Å². The number of halogens is 1. The van der Waals surface area contributed by atoms with E-state index in [1.807, 2.05) is 24.3 Å². The molecule has 0 aromatic heterocycles. The normalized spacial score (nSPS) is 11.6. The van der Waals surface area contributed by atoms with Crippen molar-refractivity contribution in [3.05, 3.63) is 64.7 Å². The van der Waals surface area contributed by atoms with E-state index in [-0.39, 0.29) is 4.90 Å². The highest BCUT2D eigenvalue weighted by Crippen LogP contribution is 2.15.